The second-order valence-electron chi connectivity index (χ2n) is 6.90. The molecule has 3 aliphatic rings. The van der Waals surface area contributed by atoms with Crippen molar-refractivity contribution in [3.8, 4) is 0 Å². The molecular weight excluding hydrogens is 250 g/mol. The minimum atomic E-state index is 0.696. The average molecular weight is 281 g/mol. The molecule has 3 unspecified atom stereocenters. The van der Waals surface area contributed by atoms with E-state index in [4.69, 9.17) is 4.74 Å². The molecule has 1 N–H and O–H groups in total. The monoisotopic (exact) mass is 281 g/mol. The van der Waals surface area contributed by atoms with Gasteiger partial charge < -0.3 is 10.1 Å². The van der Waals surface area contributed by atoms with Gasteiger partial charge in [0.1, 0.15) is 0 Å². The van der Waals surface area contributed by atoms with Crippen LogP contribution in [0.3, 0.4) is 0 Å². The van der Waals surface area contributed by atoms with E-state index in [2.05, 4.69) is 29.1 Å². The first-order chi connectivity index (χ1) is 9.78. The number of fused-ring (bicyclic) bond motifs is 2. The lowest BCUT2D eigenvalue weighted by Crippen LogP contribution is -2.60. The normalized spacial score (nSPS) is 37.8. The Labute approximate surface area is 123 Å². The summed E-state index contributed by atoms with van der Waals surface area (Å²) in [5.74, 6) is 0. The van der Waals surface area contributed by atoms with Crippen LogP contribution in [0.1, 0.15) is 39.0 Å². The summed E-state index contributed by atoms with van der Waals surface area (Å²) in [5, 5.41) is 3.52. The molecule has 3 saturated heterocycles. The van der Waals surface area contributed by atoms with E-state index in [1.165, 1.54) is 38.6 Å². The van der Waals surface area contributed by atoms with Gasteiger partial charge in [0.05, 0.1) is 13.2 Å². The first kappa shape index (κ1) is 14.8. The molecule has 0 radical (unpaired) electrons. The quantitative estimate of drug-likeness (QED) is 0.841. The summed E-state index contributed by atoms with van der Waals surface area (Å²) >= 11 is 0. The van der Waals surface area contributed by atoms with Crippen LogP contribution in [-0.2, 0) is 4.74 Å². The molecule has 0 aromatic rings. The van der Waals surface area contributed by atoms with Crippen molar-refractivity contribution in [3.63, 3.8) is 0 Å². The van der Waals surface area contributed by atoms with Crippen LogP contribution >= 0.6 is 0 Å². The molecule has 3 atom stereocenters. The summed E-state index contributed by atoms with van der Waals surface area (Å²) in [7, 11) is 2.13. The van der Waals surface area contributed by atoms with E-state index in [9.17, 15) is 0 Å². The Hall–Kier alpha value is -0.160. The molecule has 0 aromatic carbocycles. The van der Waals surface area contributed by atoms with Gasteiger partial charge in [0.25, 0.3) is 0 Å². The van der Waals surface area contributed by atoms with Crippen molar-refractivity contribution in [1.82, 2.24) is 15.1 Å². The molecule has 0 spiro atoms. The topological polar surface area (TPSA) is 27.7 Å². The molecule has 4 nitrogen and oxygen atoms in total. The maximum Gasteiger partial charge on any atom is 0.0594 e. The maximum atomic E-state index is 5.47. The molecule has 2 bridgehead atoms. The van der Waals surface area contributed by atoms with Crippen LogP contribution in [0.5, 0.6) is 0 Å². The Morgan fingerprint density at radius 3 is 2.40 bits per heavy atom. The second-order valence-corrected chi connectivity index (χ2v) is 6.90. The summed E-state index contributed by atoms with van der Waals surface area (Å²) in [6, 6.07) is 3.07. The molecule has 0 saturated carbocycles. The lowest BCUT2D eigenvalue weighted by molar-refractivity contribution is -0.0287. The highest BCUT2D eigenvalue weighted by atomic mass is 16.5. The predicted molar refractivity (Wildman–Crippen MR) is 82.1 cm³/mol. The Morgan fingerprint density at radius 2 is 1.80 bits per heavy atom. The third-order valence-electron chi connectivity index (χ3n) is 5.57. The summed E-state index contributed by atoms with van der Waals surface area (Å²) in [6.07, 6.45) is 6.94. The Balaban J connectivity index is 1.60. The number of nitrogens with zero attached hydrogens (tertiary/aromatic N) is 2. The molecule has 3 fully saturated rings. The molecule has 0 amide bonds. The molecular formula is C16H31N3O. The number of rotatable bonds is 4. The number of nitrogens with one attached hydrogen (secondary N) is 1. The van der Waals surface area contributed by atoms with Crippen molar-refractivity contribution in [3.05, 3.63) is 0 Å². The van der Waals surface area contributed by atoms with E-state index in [0.29, 0.717) is 6.04 Å². The fourth-order valence-corrected chi connectivity index (χ4v) is 4.62. The number of hydrogen-bond donors (Lipinski definition) is 1. The number of ether oxygens (including phenoxy) is 1. The van der Waals surface area contributed by atoms with Crippen LogP contribution in [-0.4, -0.2) is 73.9 Å². The minimum absolute atomic E-state index is 0.696. The average Bonchev–Trinajstić information content (AvgIpc) is 2.46. The van der Waals surface area contributed by atoms with Gasteiger partial charge in [-0.15, -0.1) is 0 Å². The summed E-state index contributed by atoms with van der Waals surface area (Å²) in [4.78, 5) is 5.46. The predicted octanol–water partition coefficient (Wildman–Crippen LogP) is 1.31. The van der Waals surface area contributed by atoms with Crippen molar-refractivity contribution in [2.75, 3.05) is 39.9 Å². The molecule has 116 valence electrons. The molecule has 3 heterocycles. The zero-order chi connectivity index (χ0) is 13.9. The number of piperidine rings is 2. The van der Waals surface area contributed by atoms with Crippen LogP contribution in [0.25, 0.3) is 0 Å². The van der Waals surface area contributed by atoms with E-state index in [1.54, 1.807) is 0 Å². The number of morpholine rings is 1. The highest BCUT2D eigenvalue weighted by Crippen LogP contribution is 2.35. The molecule has 3 aliphatic heterocycles. The van der Waals surface area contributed by atoms with Crippen LogP contribution in [0.4, 0.5) is 0 Å². The van der Waals surface area contributed by atoms with E-state index in [0.717, 1.165) is 44.4 Å². The highest BCUT2D eigenvalue weighted by Gasteiger charge is 2.40. The van der Waals surface area contributed by atoms with Crippen molar-refractivity contribution in [2.24, 2.45) is 0 Å². The Bertz CT molecular complexity index is 292. The van der Waals surface area contributed by atoms with Crippen LogP contribution in [0, 0.1) is 0 Å². The minimum Gasteiger partial charge on any atom is -0.379 e. The van der Waals surface area contributed by atoms with Gasteiger partial charge in [-0.3, -0.25) is 9.80 Å². The molecule has 4 heteroatoms. The van der Waals surface area contributed by atoms with E-state index in [-0.39, 0.29) is 0 Å². The van der Waals surface area contributed by atoms with E-state index in [1.807, 2.05) is 0 Å². The van der Waals surface area contributed by atoms with Crippen LogP contribution < -0.4 is 5.32 Å². The number of hydrogen-bond acceptors (Lipinski definition) is 4. The van der Waals surface area contributed by atoms with E-state index < -0.39 is 0 Å². The van der Waals surface area contributed by atoms with Crippen molar-refractivity contribution in [1.29, 1.82) is 0 Å². The largest absolute Gasteiger partial charge is 0.379 e. The van der Waals surface area contributed by atoms with Crippen molar-refractivity contribution in [2.45, 2.75) is 63.2 Å². The van der Waals surface area contributed by atoms with Gasteiger partial charge in [-0.1, -0.05) is 6.42 Å². The van der Waals surface area contributed by atoms with Crippen LogP contribution in [0.15, 0.2) is 0 Å². The van der Waals surface area contributed by atoms with Crippen LogP contribution in [0.2, 0.25) is 0 Å². The highest BCUT2D eigenvalue weighted by molar-refractivity contribution is 4.97. The molecule has 3 rings (SSSR count). The van der Waals surface area contributed by atoms with Gasteiger partial charge >= 0.3 is 0 Å². The molecule has 20 heavy (non-hydrogen) atoms. The Kier molecular flexibility index (Phi) is 4.97. The van der Waals surface area contributed by atoms with Gasteiger partial charge in [-0.25, -0.2) is 0 Å². The zero-order valence-corrected chi connectivity index (χ0v) is 13.2. The van der Waals surface area contributed by atoms with Gasteiger partial charge in [0.2, 0.25) is 0 Å². The molecule has 0 aromatic heterocycles. The lowest BCUT2D eigenvalue weighted by Gasteiger charge is -2.52. The van der Waals surface area contributed by atoms with Crippen molar-refractivity contribution < 1.29 is 4.74 Å². The Morgan fingerprint density at radius 1 is 1.15 bits per heavy atom. The zero-order valence-electron chi connectivity index (χ0n) is 13.2. The van der Waals surface area contributed by atoms with Gasteiger partial charge in [-0.2, -0.15) is 0 Å². The SMILES string of the molecule is CNC1CC2CCCC(C1)N2C(C)CN1CCOCC1. The molecule has 0 aliphatic carbocycles. The van der Waals surface area contributed by atoms with Crippen molar-refractivity contribution >= 4 is 0 Å². The standard InChI is InChI=1S/C16H31N3O/c1-13(12-18-6-8-20-9-7-18)19-15-4-3-5-16(19)11-14(10-15)17-2/h13-17H,3-12H2,1-2H3. The van der Waals surface area contributed by atoms with E-state index >= 15 is 0 Å². The third kappa shape index (κ3) is 3.19. The summed E-state index contributed by atoms with van der Waals surface area (Å²) < 4.78 is 5.47. The smallest absolute Gasteiger partial charge is 0.0594 e. The van der Waals surface area contributed by atoms with Gasteiger partial charge in [0.15, 0.2) is 0 Å². The first-order valence-electron chi connectivity index (χ1n) is 8.52. The first-order valence-corrected chi connectivity index (χ1v) is 8.52. The fraction of sp³-hybridized carbons (Fsp3) is 1.00. The summed E-state index contributed by atoms with van der Waals surface area (Å²) in [6.45, 7) is 7.74. The lowest BCUT2D eigenvalue weighted by atomic mass is 9.80. The third-order valence-corrected chi connectivity index (χ3v) is 5.57. The summed E-state index contributed by atoms with van der Waals surface area (Å²) in [5.41, 5.74) is 0. The van der Waals surface area contributed by atoms with Gasteiger partial charge in [-0.05, 0) is 39.7 Å². The fourth-order valence-electron chi connectivity index (χ4n) is 4.62. The van der Waals surface area contributed by atoms with Gasteiger partial charge in [0, 0.05) is 43.8 Å². The second kappa shape index (κ2) is 6.73. The maximum absolute atomic E-state index is 5.47.